The molecule has 2 aliphatic heterocycles. The maximum atomic E-state index is 12.4. The van der Waals surface area contributed by atoms with Gasteiger partial charge in [0.05, 0.1) is 6.04 Å². The van der Waals surface area contributed by atoms with Gasteiger partial charge in [-0.05, 0) is 32.2 Å². The van der Waals surface area contributed by atoms with Gasteiger partial charge in [-0.3, -0.25) is 9.69 Å². The highest BCUT2D eigenvalue weighted by Crippen LogP contribution is 2.24. The van der Waals surface area contributed by atoms with Crippen LogP contribution >= 0.6 is 0 Å². The van der Waals surface area contributed by atoms with Crippen LogP contribution in [0.15, 0.2) is 0 Å². The molecule has 1 aliphatic carbocycles. The van der Waals surface area contributed by atoms with Crippen molar-refractivity contribution >= 4 is 5.91 Å². The Balaban J connectivity index is 1.47. The summed E-state index contributed by atoms with van der Waals surface area (Å²) < 4.78 is 0. The number of carbonyl (C=O) groups is 1. The van der Waals surface area contributed by atoms with Gasteiger partial charge in [0.25, 0.3) is 0 Å². The summed E-state index contributed by atoms with van der Waals surface area (Å²) in [5, 5.41) is 3.38. The molecule has 1 amide bonds. The maximum Gasteiger partial charge on any atom is 0.239 e. The second kappa shape index (κ2) is 6.23. The molecule has 0 spiro atoms. The Kier molecular flexibility index (Phi) is 4.38. The predicted molar refractivity (Wildman–Crippen MR) is 76.1 cm³/mol. The molecule has 3 aliphatic rings. The van der Waals surface area contributed by atoms with Crippen LogP contribution < -0.4 is 5.32 Å². The molecule has 4 heteroatoms. The van der Waals surface area contributed by atoms with Gasteiger partial charge in [-0.25, -0.2) is 0 Å². The third kappa shape index (κ3) is 3.11. The van der Waals surface area contributed by atoms with Crippen LogP contribution in [0.2, 0.25) is 0 Å². The average Bonchev–Trinajstić information content (AvgIpc) is 3.02. The second-order valence-electron chi connectivity index (χ2n) is 6.30. The Labute approximate surface area is 116 Å². The van der Waals surface area contributed by atoms with Crippen LogP contribution in [-0.4, -0.2) is 60.5 Å². The van der Waals surface area contributed by atoms with E-state index in [2.05, 4.69) is 15.1 Å². The average molecular weight is 265 g/mol. The van der Waals surface area contributed by atoms with Gasteiger partial charge in [0.15, 0.2) is 0 Å². The summed E-state index contributed by atoms with van der Waals surface area (Å²) in [6.07, 6.45) is 8.99. The van der Waals surface area contributed by atoms with Crippen molar-refractivity contribution in [3.8, 4) is 0 Å². The normalized spacial score (nSPS) is 30.7. The zero-order valence-electron chi connectivity index (χ0n) is 11.9. The van der Waals surface area contributed by atoms with Crippen LogP contribution in [0, 0.1) is 0 Å². The van der Waals surface area contributed by atoms with Crippen molar-refractivity contribution in [2.24, 2.45) is 0 Å². The molecule has 3 rings (SSSR count). The molecule has 108 valence electrons. The van der Waals surface area contributed by atoms with E-state index in [1.807, 2.05) is 0 Å². The van der Waals surface area contributed by atoms with E-state index in [1.165, 1.54) is 38.5 Å². The van der Waals surface area contributed by atoms with Gasteiger partial charge >= 0.3 is 0 Å². The van der Waals surface area contributed by atoms with Crippen molar-refractivity contribution in [2.75, 3.05) is 32.7 Å². The zero-order chi connectivity index (χ0) is 13.1. The van der Waals surface area contributed by atoms with E-state index in [9.17, 15) is 4.79 Å². The second-order valence-corrected chi connectivity index (χ2v) is 6.30. The summed E-state index contributed by atoms with van der Waals surface area (Å²) in [5.74, 6) is 0.353. The quantitative estimate of drug-likeness (QED) is 0.815. The summed E-state index contributed by atoms with van der Waals surface area (Å²) >= 11 is 0. The van der Waals surface area contributed by atoms with Crippen LogP contribution in [0.3, 0.4) is 0 Å². The molecule has 19 heavy (non-hydrogen) atoms. The zero-order valence-corrected chi connectivity index (χ0v) is 11.9. The number of hydrogen-bond acceptors (Lipinski definition) is 3. The van der Waals surface area contributed by atoms with Crippen molar-refractivity contribution in [3.05, 3.63) is 0 Å². The molecule has 0 aromatic heterocycles. The van der Waals surface area contributed by atoms with E-state index in [1.54, 1.807) is 0 Å². The van der Waals surface area contributed by atoms with E-state index < -0.39 is 0 Å². The molecular formula is C15H27N3O. The molecule has 0 unspecified atom stereocenters. The molecule has 3 fully saturated rings. The Morgan fingerprint density at radius 1 is 0.895 bits per heavy atom. The van der Waals surface area contributed by atoms with Gasteiger partial charge < -0.3 is 10.2 Å². The first-order valence-electron chi connectivity index (χ1n) is 8.11. The molecule has 4 nitrogen and oxygen atoms in total. The van der Waals surface area contributed by atoms with Gasteiger partial charge in [0.1, 0.15) is 0 Å². The third-order valence-corrected chi connectivity index (χ3v) is 5.08. The lowest BCUT2D eigenvalue weighted by atomic mass is 10.0. The SMILES string of the molecule is O=C([C@@H]1CCCCN1)N1CCN(C2CCCC2)CC1. The summed E-state index contributed by atoms with van der Waals surface area (Å²) in [4.78, 5) is 17.1. The fourth-order valence-corrected chi connectivity index (χ4v) is 3.86. The molecule has 1 N–H and O–H groups in total. The molecule has 0 bridgehead atoms. The highest BCUT2D eigenvalue weighted by Gasteiger charge is 2.31. The first kappa shape index (κ1) is 13.4. The predicted octanol–water partition coefficient (Wildman–Crippen LogP) is 1.22. The number of hydrogen-bond donors (Lipinski definition) is 1. The Morgan fingerprint density at radius 3 is 2.21 bits per heavy atom. The van der Waals surface area contributed by atoms with Crippen molar-refractivity contribution < 1.29 is 4.79 Å². The van der Waals surface area contributed by atoms with Gasteiger partial charge in [-0.2, -0.15) is 0 Å². The van der Waals surface area contributed by atoms with Crippen LogP contribution in [0.4, 0.5) is 0 Å². The van der Waals surface area contributed by atoms with E-state index in [4.69, 9.17) is 0 Å². The Bertz CT molecular complexity index is 301. The fourth-order valence-electron chi connectivity index (χ4n) is 3.86. The van der Waals surface area contributed by atoms with Gasteiger partial charge in [0, 0.05) is 32.2 Å². The molecule has 0 aromatic carbocycles. The smallest absolute Gasteiger partial charge is 0.239 e. The summed E-state index contributed by atoms with van der Waals surface area (Å²) in [6.45, 7) is 5.06. The van der Waals surface area contributed by atoms with Crippen LogP contribution in [-0.2, 0) is 4.79 Å². The lowest BCUT2D eigenvalue weighted by Gasteiger charge is -2.39. The highest BCUT2D eigenvalue weighted by molar-refractivity contribution is 5.82. The lowest BCUT2D eigenvalue weighted by molar-refractivity contribution is -0.136. The minimum atomic E-state index is 0.104. The monoisotopic (exact) mass is 265 g/mol. The van der Waals surface area contributed by atoms with Crippen molar-refractivity contribution in [2.45, 2.75) is 57.0 Å². The summed E-state index contributed by atoms with van der Waals surface area (Å²) in [5.41, 5.74) is 0. The van der Waals surface area contributed by atoms with E-state index in [0.29, 0.717) is 5.91 Å². The number of rotatable bonds is 2. The Morgan fingerprint density at radius 2 is 1.58 bits per heavy atom. The van der Waals surface area contributed by atoms with E-state index >= 15 is 0 Å². The number of nitrogens with zero attached hydrogens (tertiary/aromatic N) is 2. The molecule has 1 saturated carbocycles. The molecule has 0 radical (unpaired) electrons. The van der Waals surface area contributed by atoms with Crippen molar-refractivity contribution in [1.29, 1.82) is 0 Å². The third-order valence-electron chi connectivity index (χ3n) is 5.08. The fraction of sp³-hybridized carbons (Fsp3) is 0.933. The summed E-state index contributed by atoms with van der Waals surface area (Å²) in [6, 6.07) is 0.914. The lowest BCUT2D eigenvalue weighted by Crippen LogP contribution is -2.56. The van der Waals surface area contributed by atoms with Gasteiger partial charge in [0.2, 0.25) is 5.91 Å². The largest absolute Gasteiger partial charge is 0.339 e. The number of carbonyl (C=O) groups excluding carboxylic acids is 1. The van der Waals surface area contributed by atoms with E-state index in [-0.39, 0.29) is 6.04 Å². The maximum absolute atomic E-state index is 12.4. The molecule has 2 saturated heterocycles. The molecule has 0 aromatic rings. The molecule has 1 atom stereocenters. The number of piperazine rings is 1. The summed E-state index contributed by atoms with van der Waals surface area (Å²) in [7, 11) is 0. The number of amides is 1. The highest BCUT2D eigenvalue weighted by atomic mass is 16.2. The molecular weight excluding hydrogens is 238 g/mol. The minimum Gasteiger partial charge on any atom is -0.339 e. The van der Waals surface area contributed by atoms with Gasteiger partial charge in [-0.15, -0.1) is 0 Å². The van der Waals surface area contributed by atoms with Crippen molar-refractivity contribution in [3.63, 3.8) is 0 Å². The first-order chi connectivity index (χ1) is 9.34. The van der Waals surface area contributed by atoms with Gasteiger partial charge in [-0.1, -0.05) is 19.3 Å². The first-order valence-corrected chi connectivity index (χ1v) is 8.11. The van der Waals surface area contributed by atoms with Crippen molar-refractivity contribution in [1.82, 2.24) is 15.1 Å². The number of piperidine rings is 1. The van der Waals surface area contributed by atoms with Crippen LogP contribution in [0.1, 0.15) is 44.9 Å². The minimum absolute atomic E-state index is 0.104. The van der Waals surface area contributed by atoms with Crippen LogP contribution in [0.5, 0.6) is 0 Å². The molecule has 2 heterocycles. The Hall–Kier alpha value is -0.610. The number of nitrogens with one attached hydrogen (secondary N) is 1. The van der Waals surface area contributed by atoms with E-state index in [0.717, 1.165) is 45.2 Å². The standard InChI is InChI=1S/C15H27N3O/c19-15(14-7-3-4-8-16-14)18-11-9-17(10-12-18)13-5-1-2-6-13/h13-14,16H,1-12H2/t14-/m0/s1. The topological polar surface area (TPSA) is 35.6 Å². The van der Waals surface area contributed by atoms with Crippen LogP contribution in [0.25, 0.3) is 0 Å².